The number of ether oxygens (including phenoxy) is 3. The number of alkyl halides is 1. The first kappa shape index (κ1) is 40.0. The van der Waals surface area contributed by atoms with Crippen LogP contribution in [-0.4, -0.2) is 104 Å². The summed E-state index contributed by atoms with van der Waals surface area (Å²) in [5, 5.41) is 6.48. The highest BCUT2D eigenvalue weighted by molar-refractivity contribution is 6.00. The molecule has 6 rings (SSSR count). The van der Waals surface area contributed by atoms with E-state index in [1.54, 1.807) is 45.0 Å². The molecule has 3 heterocycles. The van der Waals surface area contributed by atoms with Gasteiger partial charge in [-0.1, -0.05) is 32.1 Å². The maximum atomic E-state index is 14.3. The number of esters is 1. The minimum Gasteiger partial charge on any atom is -0.460 e. The number of nitrogens with one attached hydrogen (secondary N) is 2. The monoisotopic (exact) mass is 754 g/mol. The second-order valence-corrected chi connectivity index (χ2v) is 16.6. The Bertz CT molecular complexity index is 1590. The van der Waals surface area contributed by atoms with Crippen LogP contribution in [-0.2, 0) is 23.8 Å². The molecular weight excluding hydrogens is 695 g/mol. The molecule has 2 saturated heterocycles. The van der Waals surface area contributed by atoms with E-state index in [2.05, 4.69) is 15.5 Å². The van der Waals surface area contributed by atoms with Gasteiger partial charge in [0.05, 0.1) is 25.9 Å². The van der Waals surface area contributed by atoms with Gasteiger partial charge in [0.25, 0.3) is 0 Å². The molecule has 3 amide bonds. The van der Waals surface area contributed by atoms with Crippen LogP contribution >= 0.6 is 0 Å². The van der Waals surface area contributed by atoms with Crippen LogP contribution in [0, 0.1) is 23.7 Å². The summed E-state index contributed by atoms with van der Waals surface area (Å²) in [6, 6.07) is 5.66. The fourth-order valence-electron chi connectivity index (χ4n) is 8.99. The Morgan fingerprint density at radius 1 is 0.944 bits per heavy atom. The predicted octanol–water partition coefficient (Wildman–Crippen LogP) is 6.72. The van der Waals surface area contributed by atoms with E-state index >= 15 is 0 Å². The molecule has 1 aromatic heterocycles. The molecule has 0 radical (unpaired) electrons. The molecule has 4 fully saturated rings. The van der Waals surface area contributed by atoms with E-state index < -0.39 is 36.4 Å². The molecule has 3 atom stereocenters. The molecule has 2 aliphatic heterocycles. The Balaban J connectivity index is 1.07. The van der Waals surface area contributed by atoms with Gasteiger partial charge in [-0.05, 0) is 101 Å². The van der Waals surface area contributed by atoms with E-state index in [1.807, 2.05) is 4.90 Å². The van der Waals surface area contributed by atoms with Crippen molar-refractivity contribution < 1.29 is 42.2 Å². The van der Waals surface area contributed by atoms with Crippen molar-refractivity contribution >= 4 is 40.5 Å². The summed E-state index contributed by atoms with van der Waals surface area (Å²) in [5.41, 5.74) is 0.395. The minimum atomic E-state index is -0.703. The number of nitrogens with zero attached hydrogens (tertiary/aromatic N) is 2. The van der Waals surface area contributed by atoms with Crippen LogP contribution in [0.4, 0.5) is 14.9 Å². The Labute approximate surface area is 318 Å². The first-order valence-corrected chi connectivity index (χ1v) is 20.2. The number of anilines is 1. The van der Waals surface area contributed by atoms with Crippen molar-refractivity contribution in [2.75, 3.05) is 58.0 Å². The molecule has 2 saturated carbocycles. The van der Waals surface area contributed by atoms with Gasteiger partial charge < -0.3 is 34.2 Å². The molecule has 2 aliphatic carbocycles. The molecule has 54 heavy (non-hydrogen) atoms. The van der Waals surface area contributed by atoms with Gasteiger partial charge in [0.2, 0.25) is 17.6 Å². The maximum absolute atomic E-state index is 14.3. The number of amides is 3. The second kappa shape index (κ2) is 18.3. The van der Waals surface area contributed by atoms with Crippen LogP contribution in [0.5, 0.6) is 0 Å². The summed E-state index contributed by atoms with van der Waals surface area (Å²) in [5.74, 6) is -0.536. The maximum Gasteiger partial charge on any atom is 0.407 e. The molecule has 2 aromatic rings. The van der Waals surface area contributed by atoms with Crippen LogP contribution in [0.15, 0.2) is 28.7 Å². The lowest BCUT2D eigenvalue weighted by Crippen LogP contribution is -2.50. The van der Waals surface area contributed by atoms with Gasteiger partial charge in [0.1, 0.15) is 23.9 Å². The largest absolute Gasteiger partial charge is 0.460 e. The number of benzene rings is 1. The molecular formula is C41H59FN4O8. The fourth-order valence-corrected chi connectivity index (χ4v) is 8.99. The van der Waals surface area contributed by atoms with Gasteiger partial charge in [-0.2, -0.15) is 0 Å². The third-order valence-corrected chi connectivity index (χ3v) is 11.8. The summed E-state index contributed by atoms with van der Waals surface area (Å²) >= 11 is 0. The van der Waals surface area contributed by atoms with E-state index in [9.17, 15) is 23.6 Å². The minimum absolute atomic E-state index is 0.0119. The van der Waals surface area contributed by atoms with Crippen LogP contribution in [0.3, 0.4) is 0 Å². The Hall–Kier alpha value is -3.71. The number of carbonyl (C=O) groups excluding carboxylic acids is 4. The van der Waals surface area contributed by atoms with Gasteiger partial charge in [-0.15, -0.1) is 0 Å². The molecule has 1 aromatic carbocycles. The lowest BCUT2D eigenvalue weighted by Gasteiger charge is -2.37. The summed E-state index contributed by atoms with van der Waals surface area (Å²) in [4.78, 5) is 57.7. The Morgan fingerprint density at radius 3 is 2.39 bits per heavy atom. The number of likely N-dealkylation sites (tertiary alicyclic amines) is 1. The van der Waals surface area contributed by atoms with E-state index in [0.717, 1.165) is 71.4 Å². The number of furan rings is 1. The van der Waals surface area contributed by atoms with Crippen LogP contribution in [0.1, 0.15) is 102 Å². The molecule has 4 aliphatic rings. The number of rotatable bonds is 12. The number of fused-ring (bicyclic) bond motifs is 1. The highest BCUT2D eigenvalue weighted by Crippen LogP contribution is 2.41. The number of hydrogen-bond donors (Lipinski definition) is 2. The summed E-state index contributed by atoms with van der Waals surface area (Å²) in [6.07, 6.45) is 8.81. The van der Waals surface area contributed by atoms with Crippen LogP contribution < -0.4 is 10.6 Å². The SMILES string of the molecule is CC(C)(C)OC(=O)NC(CF)[C@H]1CC[C@H](C(=O)N2CC[C@@H](C3CCCCC3)[C@H]2C(=O)Nc2ccc3oc(C(=O)OCCCN4CCOCC4)cc3c2)CC1. The van der Waals surface area contributed by atoms with Crippen molar-refractivity contribution in [3.05, 3.63) is 30.0 Å². The zero-order chi connectivity index (χ0) is 38.2. The first-order chi connectivity index (χ1) is 26.0. The van der Waals surface area contributed by atoms with E-state index in [1.165, 1.54) is 6.42 Å². The summed E-state index contributed by atoms with van der Waals surface area (Å²) < 4.78 is 36.1. The topological polar surface area (TPSA) is 140 Å². The van der Waals surface area contributed by atoms with Gasteiger partial charge in [0.15, 0.2) is 0 Å². The molecule has 298 valence electrons. The zero-order valence-corrected chi connectivity index (χ0v) is 32.2. The quantitative estimate of drug-likeness (QED) is 0.179. The standard InChI is InChI=1S/C41H59FN4O8/c1-41(2,3)54-40(50)44-33(26-42)28-10-12-29(13-11-28)38(48)46-18-16-32(27-8-5-4-6-9-27)36(46)37(47)43-31-14-15-34-30(24-31)25-35(53-34)39(49)52-21-7-17-45-19-22-51-23-20-45/h14-15,24-25,27-29,32-33,36H,4-13,16-23,26H2,1-3H3,(H,43,47)(H,44,50)/t28-,29-,32-,33?,36-/m0/s1. The van der Waals surface area contributed by atoms with Gasteiger partial charge in [-0.25, -0.2) is 14.0 Å². The molecule has 0 spiro atoms. The number of carbonyl (C=O) groups is 4. The fraction of sp³-hybridized carbons (Fsp3) is 0.707. The number of morpholine rings is 1. The Morgan fingerprint density at radius 2 is 1.69 bits per heavy atom. The van der Waals surface area contributed by atoms with Crippen molar-refractivity contribution in [2.24, 2.45) is 23.7 Å². The average molecular weight is 755 g/mol. The smallest absolute Gasteiger partial charge is 0.407 e. The van der Waals surface area contributed by atoms with Crippen molar-refractivity contribution in [2.45, 2.75) is 109 Å². The van der Waals surface area contributed by atoms with Gasteiger partial charge in [-0.3, -0.25) is 14.5 Å². The van der Waals surface area contributed by atoms with Crippen molar-refractivity contribution in [3.8, 4) is 0 Å². The second-order valence-electron chi connectivity index (χ2n) is 16.6. The molecule has 2 N–H and O–H groups in total. The third kappa shape index (κ3) is 10.3. The van der Waals surface area contributed by atoms with Crippen LogP contribution in [0.25, 0.3) is 11.0 Å². The summed E-state index contributed by atoms with van der Waals surface area (Å²) in [6.45, 7) is 9.47. The highest BCUT2D eigenvalue weighted by atomic mass is 19.1. The van der Waals surface area contributed by atoms with Crippen LogP contribution in [0.2, 0.25) is 0 Å². The van der Waals surface area contributed by atoms with Gasteiger partial charge in [0, 0.05) is 43.2 Å². The first-order valence-electron chi connectivity index (χ1n) is 20.2. The Kier molecular flexibility index (Phi) is 13.5. The van der Waals surface area contributed by atoms with Crippen molar-refractivity contribution in [3.63, 3.8) is 0 Å². The molecule has 13 heteroatoms. The van der Waals surface area contributed by atoms with Crippen molar-refractivity contribution in [1.29, 1.82) is 0 Å². The molecule has 0 bridgehead atoms. The lowest BCUT2D eigenvalue weighted by atomic mass is 9.76. The number of halogens is 1. The number of alkyl carbamates (subject to hydrolysis) is 1. The van der Waals surface area contributed by atoms with Gasteiger partial charge >= 0.3 is 12.1 Å². The summed E-state index contributed by atoms with van der Waals surface area (Å²) in [7, 11) is 0. The zero-order valence-electron chi connectivity index (χ0n) is 32.2. The van der Waals surface area contributed by atoms with E-state index in [0.29, 0.717) is 54.8 Å². The predicted molar refractivity (Wildman–Crippen MR) is 202 cm³/mol. The lowest BCUT2D eigenvalue weighted by molar-refractivity contribution is -0.142. The van der Waals surface area contributed by atoms with E-state index in [-0.39, 0.29) is 41.9 Å². The molecule has 1 unspecified atom stereocenters. The molecule has 12 nitrogen and oxygen atoms in total. The number of hydrogen-bond acceptors (Lipinski definition) is 9. The highest BCUT2D eigenvalue weighted by Gasteiger charge is 2.47. The van der Waals surface area contributed by atoms with Crippen molar-refractivity contribution in [1.82, 2.24) is 15.1 Å². The third-order valence-electron chi connectivity index (χ3n) is 11.8. The van der Waals surface area contributed by atoms with E-state index in [4.69, 9.17) is 18.6 Å². The average Bonchev–Trinajstić information content (AvgIpc) is 3.81. The normalized spacial score (nSPS) is 24.9.